The molecule has 1 aromatic carbocycles. The van der Waals surface area contributed by atoms with Gasteiger partial charge in [0.15, 0.2) is 0 Å². The maximum Gasteiger partial charge on any atom is 0.329 e. The van der Waals surface area contributed by atoms with Gasteiger partial charge in [0.1, 0.15) is 19.0 Å². The first-order chi connectivity index (χ1) is 8.65. The molecule has 0 radical (unpaired) electrons. The van der Waals surface area contributed by atoms with E-state index in [2.05, 4.69) is 10.1 Å². The summed E-state index contributed by atoms with van der Waals surface area (Å²) in [6.07, 6.45) is 0. The van der Waals surface area contributed by atoms with Crippen molar-refractivity contribution in [3.8, 4) is 11.4 Å². The maximum atomic E-state index is 12.7. The van der Waals surface area contributed by atoms with Gasteiger partial charge >= 0.3 is 5.97 Å². The van der Waals surface area contributed by atoms with Crippen LogP contribution in [0.2, 0.25) is 0 Å². The lowest BCUT2D eigenvalue weighted by Crippen LogP contribution is -2.06. The second kappa shape index (κ2) is 5.37. The Morgan fingerprint density at radius 3 is 2.78 bits per heavy atom. The summed E-state index contributed by atoms with van der Waals surface area (Å²) in [5.41, 5.74) is 0.602. The van der Waals surface area contributed by atoms with Crippen LogP contribution in [0.3, 0.4) is 0 Å². The van der Waals surface area contributed by atoms with E-state index in [0.29, 0.717) is 11.4 Å². The Labute approximate surface area is 101 Å². The SMILES string of the molecule is O=C(O)COCc1nc(-c2ccc(F)cc2)no1. The minimum atomic E-state index is -1.08. The molecule has 94 valence electrons. The molecule has 0 saturated heterocycles. The Bertz CT molecular complexity index is 538. The predicted molar refractivity (Wildman–Crippen MR) is 57.0 cm³/mol. The zero-order valence-corrected chi connectivity index (χ0v) is 9.17. The smallest absolute Gasteiger partial charge is 0.329 e. The summed E-state index contributed by atoms with van der Waals surface area (Å²) in [7, 11) is 0. The molecule has 1 N–H and O–H groups in total. The fourth-order valence-electron chi connectivity index (χ4n) is 1.26. The fourth-order valence-corrected chi connectivity index (χ4v) is 1.26. The zero-order valence-electron chi connectivity index (χ0n) is 9.17. The molecule has 0 aliphatic rings. The number of rotatable bonds is 5. The molecular weight excluding hydrogens is 243 g/mol. The molecule has 0 saturated carbocycles. The summed E-state index contributed by atoms with van der Waals surface area (Å²) < 4.78 is 22.4. The predicted octanol–water partition coefficient (Wildman–Crippen LogP) is 1.48. The number of nitrogens with zero attached hydrogens (tertiary/aromatic N) is 2. The lowest BCUT2D eigenvalue weighted by molar-refractivity contribution is -0.142. The Morgan fingerprint density at radius 2 is 2.11 bits per heavy atom. The molecule has 0 unspecified atom stereocenters. The van der Waals surface area contributed by atoms with Crippen molar-refractivity contribution in [1.82, 2.24) is 10.1 Å². The molecule has 0 aliphatic heterocycles. The second-order valence-electron chi connectivity index (χ2n) is 3.41. The van der Waals surface area contributed by atoms with Crippen molar-refractivity contribution in [3.63, 3.8) is 0 Å². The number of halogens is 1. The van der Waals surface area contributed by atoms with Crippen LogP contribution in [0, 0.1) is 5.82 Å². The van der Waals surface area contributed by atoms with Crippen LogP contribution in [-0.2, 0) is 16.1 Å². The minimum Gasteiger partial charge on any atom is -0.480 e. The summed E-state index contributed by atoms with van der Waals surface area (Å²) in [6, 6.07) is 5.60. The third kappa shape index (κ3) is 3.11. The van der Waals surface area contributed by atoms with Gasteiger partial charge in [0.05, 0.1) is 0 Å². The summed E-state index contributed by atoms with van der Waals surface area (Å²) in [5, 5.41) is 12.1. The van der Waals surface area contributed by atoms with Crippen molar-refractivity contribution in [1.29, 1.82) is 0 Å². The number of carbonyl (C=O) groups is 1. The van der Waals surface area contributed by atoms with Crippen LogP contribution in [0.1, 0.15) is 5.89 Å². The zero-order chi connectivity index (χ0) is 13.0. The molecule has 2 aromatic rings. The van der Waals surface area contributed by atoms with E-state index in [1.165, 1.54) is 24.3 Å². The van der Waals surface area contributed by atoms with Gasteiger partial charge in [-0.3, -0.25) is 0 Å². The molecule has 0 fully saturated rings. The normalized spacial score (nSPS) is 10.5. The van der Waals surface area contributed by atoms with Crippen LogP contribution < -0.4 is 0 Å². The average Bonchev–Trinajstić information content (AvgIpc) is 2.78. The third-order valence-electron chi connectivity index (χ3n) is 2.02. The molecule has 1 aromatic heterocycles. The maximum absolute atomic E-state index is 12.7. The first kappa shape index (κ1) is 12.2. The Morgan fingerprint density at radius 1 is 1.39 bits per heavy atom. The van der Waals surface area contributed by atoms with Gasteiger partial charge in [0.25, 0.3) is 5.89 Å². The molecule has 0 spiro atoms. The van der Waals surface area contributed by atoms with Crippen LogP contribution in [0.5, 0.6) is 0 Å². The van der Waals surface area contributed by atoms with E-state index in [-0.39, 0.29) is 18.3 Å². The summed E-state index contributed by atoms with van der Waals surface area (Å²) in [5.74, 6) is -0.972. The van der Waals surface area contributed by atoms with E-state index in [1.54, 1.807) is 0 Å². The number of aliphatic carboxylic acids is 1. The van der Waals surface area contributed by atoms with Gasteiger partial charge in [0, 0.05) is 5.56 Å². The lowest BCUT2D eigenvalue weighted by Gasteiger charge is -1.94. The lowest BCUT2D eigenvalue weighted by atomic mass is 10.2. The van der Waals surface area contributed by atoms with Crippen molar-refractivity contribution < 1.29 is 23.6 Å². The number of ether oxygens (including phenoxy) is 1. The van der Waals surface area contributed by atoms with E-state index < -0.39 is 12.6 Å². The molecular formula is C11H9FN2O4. The number of benzene rings is 1. The molecule has 0 bridgehead atoms. The average molecular weight is 252 g/mol. The molecule has 2 rings (SSSR count). The van der Waals surface area contributed by atoms with Gasteiger partial charge in [-0.25, -0.2) is 9.18 Å². The van der Waals surface area contributed by atoms with Crippen molar-refractivity contribution in [2.75, 3.05) is 6.61 Å². The molecule has 18 heavy (non-hydrogen) atoms. The van der Waals surface area contributed by atoms with Crippen LogP contribution >= 0.6 is 0 Å². The minimum absolute atomic E-state index is 0.0828. The second-order valence-corrected chi connectivity index (χ2v) is 3.41. The van der Waals surface area contributed by atoms with Crippen molar-refractivity contribution in [3.05, 3.63) is 36.0 Å². The van der Waals surface area contributed by atoms with Gasteiger partial charge in [0.2, 0.25) is 5.82 Å². The monoisotopic (exact) mass is 252 g/mol. The van der Waals surface area contributed by atoms with Crippen LogP contribution in [-0.4, -0.2) is 27.8 Å². The molecule has 0 atom stereocenters. The van der Waals surface area contributed by atoms with E-state index in [9.17, 15) is 9.18 Å². The van der Waals surface area contributed by atoms with Crippen LogP contribution in [0.15, 0.2) is 28.8 Å². The van der Waals surface area contributed by atoms with Gasteiger partial charge in [-0.05, 0) is 24.3 Å². The molecule has 0 amide bonds. The fraction of sp³-hybridized carbons (Fsp3) is 0.182. The molecule has 6 nitrogen and oxygen atoms in total. The van der Waals surface area contributed by atoms with E-state index in [4.69, 9.17) is 14.4 Å². The Kier molecular flexibility index (Phi) is 3.63. The van der Waals surface area contributed by atoms with Crippen LogP contribution in [0.4, 0.5) is 4.39 Å². The van der Waals surface area contributed by atoms with Crippen molar-refractivity contribution in [2.24, 2.45) is 0 Å². The number of hydrogen-bond acceptors (Lipinski definition) is 5. The highest BCUT2D eigenvalue weighted by Gasteiger charge is 2.09. The Balaban J connectivity index is 2.01. The number of aromatic nitrogens is 2. The third-order valence-corrected chi connectivity index (χ3v) is 2.02. The number of carboxylic acid groups (broad SMARTS) is 1. The van der Waals surface area contributed by atoms with E-state index in [1.807, 2.05) is 0 Å². The summed E-state index contributed by atoms with van der Waals surface area (Å²) >= 11 is 0. The largest absolute Gasteiger partial charge is 0.480 e. The van der Waals surface area contributed by atoms with Gasteiger partial charge in [-0.1, -0.05) is 5.16 Å². The molecule has 0 aliphatic carbocycles. The number of carboxylic acids is 1. The summed E-state index contributed by atoms with van der Waals surface area (Å²) in [6.45, 7) is -0.519. The van der Waals surface area contributed by atoms with E-state index >= 15 is 0 Å². The standard InChI is InChI=1S/C11H9FN2O4/c12-8-3-1-7(2-4-8)11-13-9(18-14-11)5-17-6-10(15)16/h1-4H,5-6H2,(H,15,16). The first-order valence-electron chi connectivity index (χ1n) is 5.03. The highest BCUT2D eigenvalue weighted by molar-refractivity contribution is 5.67. The first-order valence-corrected chi connectivity index (χ1v) is 5.03. The van der Waals surface area contributed by atoms with Gasteiger partial charge < -0.3 is 14.4 Å². The molecule has 7 heteroatoms. The van der Waals surface area contributed by atoms with E-state index in [0.717, 1.165) is 0 Å². The quantitative estimate of drug-likeness (QED) is 0.867. The van der Waals surface area contributed by atoms with Crippen LogP contribution in [0.25, 0.3) is 11.4 Å². The summed E-state index contributed by atoms with van der Waals surface area (Å²) in [4.78, 5) is 14.2. The Hall–Kier alpha value is -2.28. The highest BCUT2D eigenvalue weighted by atomic mass is 19.1. The van der Waals surface area contributed by atoms with Gasteiger partial charge in [-0.2, -0.15) is 4.98 Å². The number of hydrogen-bond donors (Lipinski definition) is 1. The molecule has 1 heterocycles. The van der Waals surface area contributed by atoms with Crippen molar-refractivity contribution >= 4 is 5.97 Å². The van der Waals surface area contributed by atoms with Crippen molar-refractivity contribution in [2.45, 2.75) is 6.61 Å². The highest BCUT2D eigenvalue weighted by Crippen LogP contribution is 2.16. The topological polar surface area (TPSA) is 85.5 Å². The van der Waals surface area contributed by atoms with Gasteiger partial charge in [-0.15, -0.1) is 0 Å².